The molecule has 7 heteroatoms. The monoisotopic (exact) mass is 485 g/mol. The number of Topliss-reactive ketones (excluding diaryl/α,β-unsaturated/α-hetero) is 1. The molecule has 2 aliphatic rings. The molecule has 0 radical (unpaired) electrons. The second kappa shape index (κ2) is 9.58. The van der Waals surface area contributed by atoms with Crippen LogP contribution in [-0.2, 0) is 29.0 Å². The van der Waals surface area contributed by atoms with E-state index < -0.39 is 6.04 Å². The second-order valence-corrected chi connectivity index (χ2v) is 10.3. The summed E-state index contributed by atoms with van der Waals surface area (Å²) in [6, 6.07) is 13.3. The quantitative estimate of drug-likeness (QED) is 0.530. The number of carbonyl (C=O) groups excluding carboxylic acids is 3. The fourth-order valence-corrected chi connectivity index (χ4v) is 5.42. The molecule has 6 nitrogen and oxygen atoms in total. The number of nitrogens with one attached hydrogen (secondary N) is 1. The van der Waals surface area contributed by atoms with Crippen LogP contribution in [0, 0.1) is 6.92 Å². The number of thiazole rings is 1. The molecule has 0 aliphatic carbocycles. The number of piperidine rings is 1. The molecular formula is C28H27N3O3S. The van der Waals surface area contributed by atoms with Crippen LogP contribution in [0.2, 0.25) is 0 Å². The van der Waals surface area contributed by atoms with Gasteiger partial charge in [-0.2, -0.15) is 0 Å². The van der Waals surface area contributed by atoms with E-state index in [2.05, 4.69) is 16.9 Å². The van der Waals surface area contributed by atoms with Gasteiger partial charge in [0.15, 0.2) is 0 Å². The Morgan fingerprint density at radius 2 is 2.06 bits per heavy atom. The van der Waals surface area contributed by atoms with Crippen LogP contribution in [0.4, 0.5) is 0 Å². The summed E-state index contributed by atoms with van der Waals surface area (Å²) in [6.07, 6.45) is 2.71. The number of nitrogens with zero attached hydrogens (tertiary/aromatic N) is 2. The highest BCUT2D eigenvalue weighted by Gasteiger charge is 2.38. The number of benzene rings is 2. The predicted molar refractivity (Wildman–Crippen MR) is 136 cm³/mol. The number of aromatic nitrogens is 1. The lowest BCUT2D eigenvalue weighted by Gasteiger charge is -2.30. The number of carbonyl (C=O) groups is 3. The number of fused-ring (bicyclic) bond motifs is 1. The van der Waals surface area contributed by atoms with Crippen LogP contribution in [0.5, 0.6) is 0 Å². The fourth-order valence-electron chi connectivity index (χ4n) is 4.80. The van der Waals surface area contributed by atoms with Crippen molar-refractivity contribution in [1.82, 2.24) is 15.2 Å². The number of allylic oxidation sites excluding steroid dienone is 1. The summed E-state index contributed by atoms with van der Waals surface area (Å²) in [5.74, 6) is -0.0957. The van der Waals surface area contributed by atoms with Crippen LogP contribution in [0.3, 0.4) is 0 Å². The molecule has 1 atom stereocenters. The summed E-state index contributed by atoms with van der Waals surface area (Å²) in [6.45, 7) is 6.21. The average Bonchev–Trinajstić information content (AvgIpc) is 3.41. The maximum atomic E-state index is 12.9. The topological polar surface area (TPSA) is 79.4 Å². The molecule has 3 heterocycles. The van der Waals surface area contributed by atoms with E-state index in [0.29, 0.717) is 49.9 Å². The lowest BCUT2D eigenvalue weighted by atomic mass is 9.99. The van der Waals surface area contributed by atoms with Gasteiger partial charge in [0.1, 0.15) is 11.8 Å². The molecule has 1 N–H and O–H groups in total. The van der Waals surface area contributed by atoms with Crippen molar-refractivity contribution in [3.05, 3.63) is 87.4 Å². The maximum Gasteiger partial charge on any atom is 0.255 e. The summed E-state index contributed by atoms with van der Waals surface area (Å²) in [5.41, 5.74) is 6.26. The number of aryl methyl sites for hydroxylation is 2. The predicted octanol–water partition coefficient (Wildman–Crippen LogP) is 4.61. The van der Waals surface area contributed by atoms with Gasteiger partial charge >= 0.3 is 0 Å². The van der Waals surface area contributed by atoms with Crippen molar-refractivity contribution in [3.8, 4) is 11.3 Å². The minimum absolute atomic E-state index is 0.106. The Hall–Kier alpha value is -3.58. The molecule has 0 bridgehead atoms. The Labute approximate surface area is 208 Å². The zero-order chi connectivity index (χ0) is 24.5. The molecular weight excluding hydrogens is 458 g/mol. The SMILES string of the molecule is C=C1CCC(N2Cc3cc(CCC(=O)Cc4cccc(-c5csc(C)n5)c4)ccc3C2=O)C(=O)N1. The molecule has 0 saturated carbocycles. The molecule has 2 aliphatic heterocycles. The maximum absolute atomic E-state index is 12.9. The van der Waals surface area contributed by atoms with E-state index in [1.54, 1.807) is 16.2 Å². The first kappa shape index (κ1) is 23.2. The molecule has 5 rings (SSSR count). The third kappa shape index (κ3) is 4.95. The first-order chi connectivity index (χ1) is 16.9. The third-order valence-electron chi connectivity index (χ3n) is 6.64. The molecule has 1 saturated heterocycles. The second-order valence-electron chi connectivity index (χ2n) is 9.24. The van der Waals surface area contributed by atoms with Crippen molar-refractivity contribution in [3.63, 3.8) is 0 Å². The standard InChI is InChI=1S/C28H27N3O3S/c1-17-6-11-26(27(33)29-17)31-15-22-12-19(8-10-24(22)28(31)34)7-9-23(32)14-20-4-3-5-21(13-20)25-16-35-18(2)30-25/h3-5,8,10,12-13,16,26H,1,6-7,9,11,14-15H2,2H3,(H,29,33). The molecule has 2 aromatic carbocycles. The Morgan fingerprint density at radius 3 is 2.83 bits per heavy atom. The van der Waals surface area contributed by atoms with E-state index in [-0.39, 0.29) is 17.6 Å². The minimum atomic E-state index is -0.464. The van der Waals surface area contributed by atoms with E-state index in [0.717, 1.165) is 33.0 Å². The summed E-state index contributed by atoms with van der Waals surface area (Å²) < 4.78 is 0. The third-order valence-corrected chi connectivity index (χ3v) is 7.41. The number of amides is 2. The van der Waals surface area contributed by atoms with Crippen LogP contribution in [0.25, 0.3) is 11.3 Å². The van der Waals surface area contributed by atoms with Crippen molar-refractivity contribution < 1.29 is 14.4 Å². The van der Waals surface area contributed by atoms with Crippen LogP contribution >= 0.6 is 11.3 Å². The highest BCUT2D eigenvalue weighted by atomic mass is 32.1. The zero-order valence-electron chi connectivity index (χ0n) is 19.7. The first-order valence-corrected chi connectivity index (χ1v) is 12.7. The van der Waals surface area contributed by atoms with Gasteiger partial charge in [-0.15, -0.1) is 11.3 Å². The van der Waals surface area contributed by atoms with E-state index >= 15 is 0 Å². The molecule has 1 fully saturated rings. The lowest BCUT2D eigenvalue weighted by Crippen LogP contribution is -2.49. The van der Waals surface area contributed by atoms with E-state index in [1.165, 1.54) is 0 Å². The lowest BCUT2D eigenvalue weighted by molar-refractivity contribution is -0.126. The van der Waals surface area contributed by atoms with Crippen LogP contribution < -0.4 is 5.32 Å². The van der Waals surface area contributed by atoms with Gasteiger partial charge in [-0.05, 0) is 55.0 Å². The van der Waals surface area contributed by atoms with Gasteiger partial charge in [0, 0.05) is 41.6 Å². The molecule has 0 spiro atoms. The highest BCUT2D eigenvalue weighted by molar-refractivity contribution is 7.09. The van der Waals surface area contributed by atoms with Crippen molar-refractivity contribution in [2.45, 2.75) is 51.6 Å². The van der Waals surface area contributed by atoms with Gasteiger partial charge in [-0.25, -0.2) is 4.98 Å². The largest absolute Gasteiger partial charge is 0.329 e. The average molecular weight is 486 g/mol. The van der Waals surface area contributed by atoms with Crippen molar-refractivity contribution in [1.29, 1.82) is 0 Å². The zero-order valence-corrected chi connectivity index (χ0v) is 20.5. The minimum Gasteiger partial charge on any atom is -0.329 e. The molecule has 3 aromatic rings. The highest BCUT2D eigenvalue weighted by Crippen LogP contribution is 2.29. The smallest absolute Gasteiger partial charge is 0.255 e. The van der Waals surface area contributed by atoms with Crippen molar-refractivity contribution >= 4 is 28.9 Å². The number of hydrogen-bond acceptors (Lipinski definition) is 5. The normalized spacial score (nSPS) is 17.5. The molecule has 1 unspecified atom stereocenters. The van der Waals surface area contributed by atoms with Gasteiger partial charge in [0.05, 0.1) is 10.7 Å². The van der Waals surface area contributed by atoms with Gasteiger partial charge in [-0.1, -0.05) is 36.9 Å². The molecule has 2 amide bonds. The Morgan fingerprint density at radius 1 is 1.20 bits per heavy atom. The van der Waals surface area contributed by atoms with Gasteiger partial charge in [0.2, 0.25) is 5.91 Å². The van der Waals surface area contributed by atoms with E-state index in [1.807, 2.05) is 54.8 Å². The van der Waals surface area contributed by atoms with Gasteiger partial charge in [0.25, 0.3) is 5.91 Å². The van der Waals surface area contributed by atoms with Crippen LogP contribution in [0.1, 0.15) is 51.3 Å². The van der Waals surface area contributed by atoms with Crippen molar-refractivity contribution in [2.75, 3.05) is 0 Å². The summed E-state index contributed by atoms with van der Waals surface area (Å²) in [4.78, 5) is 44.2. The Balaban J connectivity index is 1.20. The molecule has 1 aromatic heterocycles. The van der Waals surface area contributed by atoms with E-state index in [9.17, 15) is 14.4 Å². The van der Waals surface area contributed by atoms with E-state index in [4.69, 9.17) is 0 Å². The van der Waals surface area contributed by atoms with Gasteiger partial charge < -0.3 is 10.2 Å². The number of rotatable bonds is 7. The van der Waals surface area contributed by atoms with Crippen molar-refractivity contribution in [2.24, 2.45) is 0 Å². The van der Waals surface area contributed by atoms with Crippen LogP contribution in [-0.4, -0.2) is 33.5 Å². The number of hydrogen-bond donors (Lipinski definition) is 1. The van der Waals surface area contributed by atoms with Crippen LogP contribution in [0.15, 0.2) is 60.1 Å². The Bertz CT molecular complexity index is 1340. The summed E-state index contributed by atoms with van der Waals surface area (Å²) in [7, 11) is 0. The molecule has 35 heavy (non-hydrogen) atoms. The first-order valence-electron chi connectivity index (χ1n) is 11.8. The summed E-state index contributed by atoms with van der Waals surface area (Å²) >= 11 is 1.62. The Kier molecular flexibility index (Phi) is 6.34. The summed E-state index contributed by atoms with van der Waals surface area (Å²) in [5, 5.41) is 5.82. The molecule has 178 valence electrons. The fraction of sp³-hybridized carbons (Fsp3) is 0.286. The van der Waals surface area contributed by atoms with Gasteiger partial charge in [-0.3, -0.25) is 14.4 Å². The number of ketones is 1.